The van der Waals surface area contributed by atoms with Crippen LogP contribution in [0.2, 0.25) is 0 Å². The Balaban J connectivity index is 1.28. The number of alkyl halides is 2. The number of halogens is 2. The molecule has 2 aliphatic rings. The van der Waals surface area contributed by atoms with Crippen molar-refractivity contribution in [3.8, 4) is 11.5 Å². The Morgan fingerprint density at radius 2 is 1.70 bits per heavy atom. The SMILES string of the molecule is O=C(CC1CCC(c2ccccc2)CC1)Nc1ccc2c(c1)OC(F)(F)O2. The summed E-state index contributed by atoms with van der Waals surface area (Å²) < 4.78 is 34.9. The minimum Gasteiger partial charge on any atom is -0.395 e. The zero-order chi connectivity index (χ0) is 18.9. The number of hydrogen-bond donors (Lipinski definition) is 1. The molecule has 4 nitrogen and oxygen atoms in total. The zero-order valence-electron chi connectivity index (χ0n) is 14.8. The van der Waals surface area contributed by atoms with Gasteiger partial charge in [0.15, 0.2) is 11.5 Å². The molecular weight excluding hydrogens is 352 g/mol. The molecule has 1 saturated carbocycles. The molecule has 27 heavy (non-hydrogen) atoms. The lowest BCUT2D eigenvalue weighted by atomic mass is 9.77. The van der Waals surface area contributed by atoms with E-state index in [0.717, 1.165) is 25.7 Å². The van der Waals surface area contributed by atoms with Crippen LogP contribution in [0, 0.1) is 5.92 Å². The molecule has 4 rings (SSSR count). The van der Waals surface area contributed by atoms with E-state index < -0.39 is 6.29 Å². The lowest BCUT2D eigenvalue weighted by Crippen LogP contribution is -2.25. The smallest absolute Gasteiger partial charge is 0.395 e. The number of benzene rings is 2. The van der Waals surface area contributed by atoms with Crippen LogP contribution in [-0.2, 0) is 4.79 Å². The maximum atomic E-state index is 13.1. The van der Waals surface area contributed by atoms with Crippen molar-refractivity contribution in [1.29, 1.82) is 0 Å². The van der Waals surface area contributed by atoms with Gasteiger partial charge < -0.3 is 14.8 Å². The Morgan fingerprint density at radius 3 is 2.44 bits per heavy atom. The maximum Gasteiger partial charge on any atom is 0.586 e. The van der Waals surface area contributed by atoms with E-state index in [2.05, 4.69) is 39.1 Å². The number of rotatable bonds is 4. The average Bonchev–Trinajstić information content (AvgIpc) is 2.96. The predicted octanol–water partition coefficient (Wildman–Crippen LogP) is 5.31. The molecule has 0 unspecified atom stereocenters. The van der Waals surface area contributed by atoms with Crippen LogP contribution in [0.5, 0.6) is 11.5 Å². The lowest BCUT2D eigenvalue weighted by Gasteiger charge is -2.28. The van der Waals surface area contributed by atoms with Crippen molar-refractivity contribution in [3.63, 3.8) is 0 Å². The van der Waals surface area contributed by atoms with Gasteiger partial charge in [-0.1, -0.05) is 30.3 Å². The third-order valence-corrected chi connectivity index (χ3v) is 5.28. The molecule has 0 aromatic heterocycles. The number of nitrogens with one attached hydrogen (secondary N) is 1. The minimum atomic E-state index is -3.65. The normalized spacial score (nSPS) is 23.0. The Labute approximate surface area is 156 Å². The molecule has 1 amide bonds. The largest absolute Gasteiger partial charge is 0.586 e. The van der Waals surface area contributed by atoms with Gasteiger partial charge >= 0.3 is 6.29 Å². The summed E-state index contributed by atoms with van der Waals surface area (Å²) in [7, 11) is 0. The van der Waals surface area contributed by atoms with Crippen LogP contribution < -0.4 is 14.8 Å². The quantitative estimate of drug-likeness (QED) is 0.790. The summed E-state index contributed by atoms with van der Waals surface area (Å²) >= 11 is 0. The van der Waals surface area contributed by atoms with E-state index in [9.17, 15) is 13.6 Å². The highest BCUT2D eigenvalue weighted by Crippen LogP contribution is 2.42. The molecule has 2 aromatic rings. The van der Waals surface area contributed by atoms with Gasteiger partial charge in [-0.15, -0.1) is 8.78 Å². The number of fused-ring (bicyclic) bond motifs is 1. The molecule has 0 bridgehead atoms. The molecule has 1 heterocycles. The van der Waals surface area contributed by atoms with E-state index in [1.54, 1.807) is 0 Å². The van der Waals surface area contributed by atoms with Gasteiger partial charge in [0.05, 0.1) is 0 Å². The molecule has 0 atom stereocenters. The Hall–Kier alpha value is -2.63. The van der Waals surface area contributed by atoms with Crippen molar-refractivity contribution in [1.82, 2.24) is 0 Å². The van der Waals surface area contributed by atoms with Crippen molar-refractivity contribution in [3.05, 3.63) is 54.1 Å². The summed E-state index contributed by atoms with van der Waals surface area (Å²) in [5, 5.41) is 2.77. The van der Waals surface area contributed by atoms with Gasteiger partial charge in [0.2, 0.25) is 5.91 Å². The van der Waals surface area contributed by atoms with Crippen LogP contribution in [0.25, 0.3) is 0 Å². The molecule has 1 aliphatic carbocycles. The molecule has 142 valence electrons. The Morgan fingerprint density at radius 1 is 1.00 bits per heavy atom. The van der Waals surface area contributed by atoms with Crippen LogP contribution >= 0.6 is 0 Å². The lowest BCUT2D eigenvalue weighted by molar-refractivity contribution is -0.286. The van der Waals surface area contributed by atoms with Gasteiger partial charge in [-0.2, -0.15) is 0 Å². The fraction of sp³-hybridized carbons (Fsp3) is 0.381. The van der Waals surface area contributed by atoms with Gasteiger partial charge in [0.1, 0.15) is 0 Å². The van der Waals surface area contributed by atoms with Gasteiger partial charge in [-0.3, -0.25) is 4.79 Å². The summed E-state index contributed by atoms with van der Waals surface area (Å²) in [6, 6.07) is 14.8. The van der Waals surface area contributed by atoms with Crippen LogP contribution in [0.4, 0.5) is 14.5 Å². The first-order valence-electron chi connectivity index (χ1n) is 9.23. The fourth-order valence-electron chi connectivity index (χ4n) is 3.93. The van der Waals surface area contributed by atoms with Crippen molar-refractivity contribution < 1.29 is 23.0 Å². The number of anilines is 1. The van der Waals surface area contributed by atoms with E-state index in [1.807, 2.05) is 6.07 Å². The fourth-order valence-corrected chi connectivity index (χ4v) is 3.93. The second-order valence-corrected chi connectivity index (χ2v) is 7.21. The highest BCUT2D eigenvalue weighted by molar-refractivity contribution is 5.91. The molecular formula is C21H21F2NO3. The molecule has 1 aliphatic heterocycles. The molecule has 1 fully saturated rings. The molecule has 0 spiro atoms. The average molecular weight is 373 g/mol. The molecule has 0 saturated heterocycles. The summed E-state index contributed by atoms with van der Waals surface area (Å²) in [5.41, 5.74) is 1.80. The summed E-state index contributed by atoms with van der Waals surface area (Å²) in [5.74, 6) is 0.714. The highest BCUT2D eigenvalue weighted by atomic mass is 19.3. The van der Waals surface area contributed by atoms with Crippen LogP contribution in [0.1, 0.15) is 43.6 Å². The van der Waals surface area contributed by atoms with Crippen molar-refractivity contribution in [2.45, 2.75) is 44.3 Å². The second kappa shape index (κ2) is 7.18. The molecule has 6 heteroatoms. The summed E-state index contributed by atoms with van der Waals surface area (Å²) in [6.07, 6.45) is 0.983. The molecule has 1 N–H and O–H groups in total. The Bertz CT molecular complexity index is 817. The van der Waals surface area contributed by atoms with Crippen LogP contribution in [0.15, 0.2) is 48.5 Å². The molecule has 0 radical (unpaired) electrons. The topological polar surface area (TPSA) is 47.6 Å². The van der Waals surface area contributed by atoms with Gasteiger partial charge in [-0.25, -0.2) is 0 Å². The van der Waals surface area contributed by atoms with E-state index in [0.29, 0.717) is 23.9 Å². The van der Waals surface area contributed by atoms with Crippen molar-refractivity contribution >= 4 is 11.6 Å². The van der Waals surface area contributed by atoms with Crippen molar-refractivity contribution in [2.24, 2.45) is 5.92 Å². The number of hydrogen-bond acceptors (Lipinski definition) is 3. The van der Waals surface area contributed by atoms with Gasteiger partial charge in [-0.05, 0) is 55.2 Å². The zero-order valence-corrected chi connectivity index (χ0v) is 14.8. The first-order chi connectivity index (χ1) is 13.0. The monoisotopic (exact) mass is 373 g/mol. The first-order valence-corrected chi connectivity index (χ1v) is 9.23. The standard InChI is InChI=1S/C21H21F2NO3/c22-21(23)26-18-11-10-17(13-19(18)27-21)24-20(25)12-14-6-8-16(9-7-14)15-4-2-1-3-5-15/h1-5,10-11,13-14,16H,6-9,12H2,(H,24,25). The van der Waals surface area contributed by atoms with E-state index >= 15 is 0 Å². The molecule has 2 aromatic carbocycles. The minimum absolute atomic E-state index is 0.0303. The predicted molar refractivity (Wildman–Crippen MR) is 97.0 cm³/mol. The number of ether oxygens (including phenoxy) is 2. The Kier molecular flexibility index (Phi) is 4.72. The number of carbonyl (C=O) groups excluding carboxylic acids is 1. The third-order valence-electron chi connectivity index (χ3n) is 5.28. The van der Waals surface area contributed by atoms with Crippen LogP contribution in [-0.4, -0.2) is 12.2 Å². The van der Waals surface area contributed by atoms with Gasteiger partial charge in [0, 0.05) is 18.2 Å². The van der Waals surface area contributed by atoms with Crippen molar-refractivity contribution in [2.75, 3.05) is 5.32 Å². The summed E-state index contributed by atoms with van der Waals surface area (Å²) in [6.45, 7) is 0. The van der Waals surface area contributed by atoms with E-state index in [1.165, 1.54) is 23.8 Å². The highest BCUT2D eigenvalue weighted by Gasteiger charge is 2.43. The van der Waals surface area contributed by atoms with E-state index in [4.69, 9.17) is 0 Å². The maximum absolute atomic E-state index is 13.1. The third kappa shape index (κ3) is 4.21. The summed E-state index contributed by atoms with van der Waals surface area (Å²) in [4.78, 5) is 12.3. The van der Waals surface area contributed by atoms with E-state index in [-0.39, 0.29) is 17.4 Å². The number of carbonyl (C=O) groups is 1. The number of amides is 1. The second-order valence-electron chi connectivity index (χ2n) is 7.21. The first kappa shape index (κ1) is 17.8. The van der Waals surface area contributed by atoms with Crippen LogP contribution in [0.3, 0.4) is 0 Å². The van der Waals surface area contributed by atoms with Gasteiger partial charge in [0.25, 0.3) is 0 Å².